The molecule has 2 aromatic rings. The Bertz CT molecular complexity index is 710. The van der Waals surface area contributed by atoms with Crippen molar-refractivity contribution in [2.45, 2.75) is 6.54 Å². The normalized spacial score (nSPS) is 12.1. The Kier molecular flexibility index (Phi) is 5.17. The van der Waals surface area contributed by atoms with Crippen LogP contribution in [0, 0.1) is 0 Å². The Morgan fingerprint density at radius 3 is 2.29 bits per heavy atom. The quantitative estimate of drug-likeness (QED) is 0.840. The van der Waals surface area contributed by atoms with Gasteiger partial charge in [0.1, 0.15) is 0 Å². The van der Waals surface area contributed by atoms with E-state index < -0.39 is 10.0 Å². The van der Waals surface area contributed by atoms with Crippen molar-refractivity contribution in [3.8, 4) is 0 Å². The molecule has 110 valence electrons. The summed E-state index contributed by atoms with van der Waals surface area (Å²) in [4.78, 5) is 0. The fraction of sp³-hybridized carbons (Fsp3) is 0.125. The predicted molar refractivity (Wildman–Crippen MR) is 87.3 cm³/mol. The summed E-state index contributed by atoms with van der Waals surface area (Å²) in [5.41, 5.74) is 1.74. The Balaban J connectivity index is 2.08. The molecular formula is C16H16ClNO2S. The van der Waals surface area contributed by atoms with Crippen LogP contribution in [0.5, 0.6) is 0 Å². The summed E-state index contributed by atoms with van der Waals surface area (Å²) in [6.07, 6.45) is 1.59. The maximum atomic E-state index is 12.2. The summed E-state index contributed by atoms with van der Waals surface area (Å²) in [6, 6.07) is 16.4. The standard InChI is InChI=1S/C16H16ClNO2S/c1-18(13-15-7-9-16(17)10-8-15)21(19,20)12-11-14-5-3-2-4-6-14/h2-12H,13H2,1H3. The van der Waals surface area contributed by atoms with Gasteiger partial charge < -0.3 is 0 Å². The first kappa shape index (κ1) is 15.8. The van der Waals surface area contributed by atoms with Crippen LogP contribution < -0.4 is 0 Å². The maximum Gasteiger partial charge on any atom is 0.236 e. The highest BCUT2D eigenvalue weighted by atomic mass is 35.5. The molecule has 21 heavy (non-hydrogen) atoms. The lowest BCUT2D eigenvalue weighted by molar-refractivity contribution is 0.475. The van der Waals surface area contributed by atoms with Crippen molar-refractivity contribution in [1.82, 2.24) is 4.31 Å². The number of rotatable bonds is 5. The van der Waals surface area contributed by atoms with Gasteiger partial charge in [0, 0.05) is 24.0 Å². The first-order chi connectivity index (χ1) is 9.97. The minimum Gasteiger partial charge on any atom is -0.208 e. The lowest BCUT2D eigenvalue weighted by Crippen LogP contribution is -2.24. The Morgan fingerprint density at radius 2 is 1.67 bits per heavy atom. The maximum absolute atomic E-state index is 12.2. The van der Waals surface area contributed by atoms with E-state index in [2.05, 4.69) is 0 Å². The molecule has 0 amide bonds. The van der Waals surface area contributed by atoms with Gasteiger partial charge in [-0.2, -0.15) is 4.31 Å². The van der Waals surface area contributed by atoms with Gasteiger partial charge in [-0.3, -0.25) is 0 Å². The smallest absolute Gasteiger partial charge is 0.208 e. The van der Waals surface area contributed by atoms with Gasteiger partial charge in [0.2, 0.25) is 10.0 Å². The van der Waals surface area contributed by atoms with Crippen molar-refractivity contribution in [2.24, 2.45) is 0 Å². The van der Waals surface area contributed by atoms with Gasteiger partial charge in [0.25, 0.3) is 0 Å². The van der Waals surface area contributed by atoms with Gasteiger partial charge >= 0.3 is 0 Å². The fourth-order valence-corrected chi connectivity index (χ4v) is 2.76. The molecule has 0 unspecified atom stereocenters. The molecule has 0 saturated carbocycles. The molecule has 0 spiro atoms. The van der Waals surface area contributed by atoms with Crippen LogP contribution in [0.15, 0.2) is 60.0 Å². The van der Waals surface area contributed by atoms with Crippen LogP contribution in [0.25, 0.3) is 6.08 Å². The van der Waals surface area contributed by atoms with Crippen LogP contribution in [0.1, 0.15) is 11.1 Å². The van der Waals surface area contributed by atoms with Crippen molar-refractivity contribution in [1.29, 1.82) is 0 Å². The zero-order valence-electron chi connectivity index (χ0n) is 11.6. The monoisotopic (exact) mass is 321 g/mol. The molecule has 0 bridgehead atoms. The molecule has 5 heteroatoms. The summed E-state index contributed by atoms with van der Waals surface area (Å²) >= 11 is 5.81. The van der Waals surface area contributed by atoms with Gasteiger partial charge in [0.15, 0.2) is 0 Å². The number of hydrogen-bond acceptors (Lipinski definition) is 2. The molecule has 0 aliphatic rings. The second-order valence-electron chi connectivity index (χ2n) is 4.64. The summed E-state index contributed by atoms with van der Waals surface area (Å²) < 4.78 is 25.7. The van der Waals surface area contributed by atoms with Gasteiger partial charge in [-0.25, -0.2) is 8.42 Å². The van der Waals surface area contributed by atoms with Crippen LogP contribution in [0.4, 0.5) is 0 Å². The Morgan fingerprint density at radius 1 is 1.05 bits per heavy atom. The van der Waals surface area contributed by atoms with Crippen molar-refractivity contribution >= 4 is 27.7 Å². The van der Waals surface area contributed by atoms with E-state index in [9.17, 15) is 8.42 Å². The molecule has 3 nitrogen and oxygen atoms in total. The molecule has 0 aromatic heterocycles. The Hall–Kier alpha value is -1.62. The number of nitrogens with zero attached hydrogens (tertiary/aromatic N) is 1. The highest BCUT2D eigenvalue weighted by Crippen LogP contribution is 2.13. The summed E-state index contributed by atoms with van der Waals surface area (Å²) in [7, 11) is -1.89. The van der Waals surface area contributed by atoms with Gasteiger partial charge in [-0.05, 0) is 29.3 Å². The van der Waals surface area contributed by atoms with E-state index in [4.69, 9.17) is 11.6 Å². The van der Waals surface area contributed by atoms with Gasteiger partial charge in [0.05, 0.1) is 0 Å². The average molecular weight is 322 g/mol. The molecule has 0 saturated heterocycles. The number of halogens is 1. The lowest BCUT2D eigenvalue weighted by atomic mass is 10.2. The first-order valence-corrected chi connectivity index (χ1v) is 8.29. The second kappa shape index (κ2) is 6.89. The minimum atomic E-state index is -3.45. The average Bonchev–Trinajstić information content (AvgIpc) is 2.48. The van der Waals surface area contributed by atoms with Crippen molar-refractivity contribution in [3.05, 3.63) is 76.2 Å². The molecule has 0 atom stereocenters. The zero-order chi connectivity index (χ0) is 15.3. The van der Waals surface area contributed by atoms with Crippen molar-refractivity contribution in [2.75, 3.05) is 7.05 Å². The summed E-state index contributed by atoms with van der Waals surface area (Å²) in [6.45, 7) is 0.304. The topological polar surface area (TPSA) is 37.4 Å². The molecule has 0 aliphatic heterocycles. The SMILES string of the molecule is CN(Cc1ccc(Cl)cc1)S(=O)(=O)C=Cc1ccccc1. The van der Waals surface area contributed by atoms with E-state index in [1.807, 2.05) is 42.5 Å². The third-order valence-corrected chi connectivity index (χ3v) is 4.71. The lowest BCUT2D eigenvalue weighted by Gasteiger charge is -2.14. The summed E-state index contributed by atoms with van der Waals surface area (Å²) in [5.74, 6) is 0. The number of hydrogen-bond donors (Lipinski definition) is 0. The van der Waals surface area contributed by atoms with E-state index in [-0.39, 0.29) is 0 Å². The third kappa shape index (κ3) is 4.70. The molecular weight excluding hydrogens is 306 g/mol. The molecule has 0 fully saturated rings. The van der Waals surface area contributed by atoms with E-state index in [1.54, 1.807) is 25.3 Å². The van der Waals surface area contributed by atoms with Crippen LogP contribution in [0.3, 0.4) is 0 Å². The molecule has 0 radical (unpaired) electrons. The highest BCUT2D eigenvalue weighted by molar-refractivity contribution is 7.92. The molecule has 0 N–H and O–H groups in total. The number of benzene rings is 2. The first-order valence-electron chi connectivity index (χ1n) is 6.41. The van der Waals surface area contributed by atoms with Crippen molar-refractivity contribution < 1.29 is 8.42 Å². The van der Waals surface area contributed by atoms with E-state index in [1.165, 1.54) is 9.71 Å². The molecule has 2 rings (SSSR count). The largest absolute Gasteiger partial charge is 0.236 e. The molecule has 0 heterocycles. The van der Waals surface area contributed by atoms with E-state index >= 15 is 0 Å². The van der Waals surface area contributed by atoms with Gasteiger partial charge in [-0.1, -0.05) is 54.1 Å². The van der Waals surface area contributed by atoms with Crippen LogP contribution in [0.2, 0.25) is 5.02 Å². The van der Waals surface area contributed by atoms with E-state index in [0.29, 0.717) is 11.6 Å². The molecule has 2 aromatic carbocycles. The van der Waals surface area contributed by atoms with Gasteiger partial charge in [-0.15, -0.1) is 0 Å². The van der Waals surface area contributed by atoms with Crippen molar-refractivity contribution in [3.63, 3.8) is 0 Å². The minimum absolute atomic E-state index is 0.304. The molecule has 0 aliphatic carbocycles. The second-order valence-corrected chi connectivity index (χ2v) is 7.00. The predicted octanol–water partition coefficient (Wildman–Crippen LogP) is 3.77. The number of sulfonamides is 1. The Labute approximate surface area is 130 Å². The van der Waals surface area contributed by atoms with Crippen LogP contribution in [-0.2, 0) is 16.6 Å². The zero-order valence-corrected chi connectivity index (χ0v) is 13.2. The van der Waals surface area contributed by atoms with Crippen LogP contribution in [-0.4, -0.2) is 19.8 Å². The summed E-state index contributed by atoms with van der Waals surface area (Å²) in [5, 5.41) is 1.85. The highest BCUT2D eigenvalue weighted by Gasteiger charge is 2.14. The van der Waals surface area contributed by atoms with E-state index in [0.717, 1.165) is 11.1 Å². The fourth-order valence-electron chi connectivity index (χ4n) is 1.77. The van der Waals surface area contributed by atoms with Crippen LogP contribution >= 0.6 is 11.6 Å². The third-order valence-electron chi connectivity index (χ3n) is 2.98.